The Kier molecular flexibility index (Phi) is 3.37. The van der Waals surface area contributed by atoms with Gasteiger partial charge in [-0.05, 0) is 31.0 Å². The van der Waals surface area contributed by atoms with Crippen molar-refractivity contribution in [3.8, 4) is 11.1 Å². The number of hydrogen-bond acceptors (Lipinski definition) is 2. The number of nitrogens with zero attached hydrogens (tertiary/aromatic N) is 2. The van der Waals surface area contributed by atoms with Crippen molar-refractivity contribution in [2.24, 2.45) is 5.73 Å². The van der Waals surface area contributed by atoms with E-state index in [2.05, 4.69) is 42.5 Å². The van der Waals surface area contributed by atoms with Crippen molar-refractivity contribution in [1.29, 1.82) is 0 Å². The fourth-order valence-corrected chi connectivity index (χ4v) is 1.72. The number of nitrogens with two attached hydrogens (primary N) is 1. The first-order valence-corrected chi connectivity index (χ1v) is 5.65. The minimum atomic E-state index is 0.702. The second-order valence-corrected chi connectivity index (χ2v) is 3.82. The molecule has 0 atom stereocenters. The lowest BCUT2D eigenvalue weighted by Crippen LogP contribution is -2.02. The number of hydrogen-bond donors (Lipinski definition) is 1. The maximum absolute atomic E-state index is 5.52. The summed E-state index contributed by atoms with van der Waals surface area (Å²) in [7, 11) is 0. The molecule has 1 heterocycles. The normalized spacial score (nSPS) is 10.6. The Morgan fingerprint density at radius 3 is 2.50 bits per heavy atom. The summed E-state index contributed by atoms with van der Waals surface area (Å²) in [5.74, 6) is 0. The van der Waals surface area contributed by atoms with Crippen molar-refractivity contribution in [3.05, 3.63) is 42.2 Å². The van der Waals surface area contributed by atoms with E-state index in [1.807, 2.05) is 10.9 Å². The number of rotatable bonds is 4. The molecule has 1 aromatic heterocycles. The molecule has 0 radical (unpaired) electrons. The maximum Gasteiger partial charge on any atom is 0.0568 e. The van der Waals surface area contributed by atoms with Crippen molar-refractivity contribution in [3.63, 3.8) is 0 Å². The predicted molar refractivity (Wildman–Crippen MR) is 66.1 cm³/mol. The van der Waals surface area contributed by atoms with E-state index >= 15 is 0 Å². The van der Waals surface area contributed by atoms with Gasteiger partial charge in [-0.3, -0.25) is 4.68 Å². The van der Waals surface area contributed by atoms with Crippen LogP contribution in [0.3, 0.4) is 0 Å². The van der Waals surface area contributed by atoms with Gasteiger partial charge in [-0.1, -0.05) is 24.3 Å². The second kappa shape index (κ2) is 4.94. The average molecular weight is 215 g/mol. The van der Waals surface area contributed by atoms with E-state index in [1.54, 1.807) is 0 Å². The second-order valence-electron chi connectivity index (χ2n) is 3.82. The molecule has 0 aliphatic heterocycles. The summed E-state index contributed by atoms with van der Waals surface area (Å²) in [5, 5.41) is 4.27. The largest absolute Gasteiger partial charge is 0.330 e. The van der Waals surface area contributed by atoms with Crippen LogP contribution in [0.4, 0.5) is 0 Å². The summed E-state index contributed by atoms with van der Waals surface area (Å²) in [4.78, 5) is 0. The van der Waals surface area contributed by atoms with Crippen molar-refractivity contribution in [1.82, 2.24) is 9.78 Å². The predicted octanol–water partition coefficient (Wildman–Crippen LogP) is 2.07. The average Bonchev–Trinajstić information content (AvgIpc) is 2.79. The highest BCUT2D eigenvalue weighted by Gasteiger charge is 2.00. The molecule has 0 aliphatic carbocycles. The lowest BCUT2D eigenvalue weighted by atomic mass is 10.1. The molecule has 0 saturated carbocycles. The van der Waals surface area contributed by atoms with Gasteiger partial charge in [0.1, 0.15) is 0 Å². The molecule has 0 bridgehead atoms. The molecule has 2 aromatic rings. The van der Waals surface area contributed by atoms with Gasteiger partial charge in [0.15, 0.2) is 0 Å². The van der Waals surface area contributed by atoms with E-state index in [4.69, 9.17) is 5.73 Å². The molecule has 2 rings (SSSR count). The maximum atomic E-state index is 5.52. The topological polar surface area (TPSA) is 43.8 Å². The molecular formula is C13H17N3. The Bertz CT molecular complexity index is 442. The van der Waals surface area contributed by atoms with Crippen LogP contribution in [0.25, 0.3) is 11.1 Å². The van der Waals surface area contributed by atoms with Crippen LogP contribution in [-0.4, -0.2) is 16.3 Å². The van der Waals surface area contributed by atoms with E-state index < -0.39 is 0 Å². The monoisotopic (exact) mass is 215 g/mol. The highest BCUT2D eigenvalue weighted by Crippen LogP contribution is 2.19. The zero-order valence-corrected chi connectivity index (χ0v) is 9.56. The Labute approximate surface area is 95.9 Å². The summed E-state index contributed by atoms with van der Waals surface area (Å²) < 4.78 is 1.93. The summed E-state index contributed by atoms with van der Waals surface area (Å²) >= 11 is 0. The minimum Gasteiger partial charge on any atom is -0.330 e. The Morgan fingerprint density at radius 1 is 1.19 bits per heavy atom. The van der Waals surface area contributed by atoms with Gasteiger partial charge in [-0.2, -0.15) is 5.10 Å². The first-order chi connectivity index (χ1) is 7.83. The highest BCUT2D eigenvalue weighted by atomic mass is 15.3. The highest BCUT2D eigenvalue weighted by molar-refractivity contribution is 5.61. The first kappa shape index (κ1) is 10.9. The zero-order valence-electron chi connectivity index (χ0n) is 9.56. The molecule has 84 valence electrons. The first-order valence-electron chi connectivity index (χ1n) is 5.65. The fourth-order valence-electron chi connectivity index (χ4n) is 1.72. The third-order valence-electron chi connectivity index (χ3n) is 2.68. The lowest BCUT2D eigenvalue weighted by Gasteiger charge is -2.00. The van der Waals surface area contributed by atoms with E-state index in [0.29, 0.717) is 6.54 Å². The molecule has 0 spiro atoms. The van der Waals surface area contributed by atoms with Crippen LogP contribution in [0.15, 0.2) is 36.7 Å². The molecule has 16 heavy (non-hydrogen) atoms. The summed E-state index contributed by atoms with van der Waals surface area (Å²) in [6.45, 7) is 3.69. The quantitative estimate of drug-likeness (QED) is 0.848. The van der Waals surface area contributed by atoms with Gasteiger partial charge in [0.2, 0.25) is 0 Å². The Morgan fingerprint density at radius 2 is 1.94 bits per heavy atom. The van der Waals surface area contributed by atoms with Crippen molar-refractivity contribution >= 4 is 0 Å². The Balaban J connectivity index is 2.20. The molecule has 1 aromatic carbocycles. The van der Waals surface area contributed by atoms with Gasteiger partial charge >= 0.3 is 0 Å². The summed E-state index contributed by atoms with van der Waals surface area (Å²) in [6, 6.07) is 8.51. The van der Waals surface area contributed by atoms with Gasteiger partial charge in [-0.25, -0.2) is 0 Å². The summed E-state index contributed by atoms with van der Waals surface area (Å²) in [5.41, 5.74) is 9.18. The Hall–Kier alpha value is -1.61. The molecule has 0 saturated heterocycles. The molecule has 0 unspecified atom stereocenters. The van der Waals surface area contributed by atoms with Crippen LogP contribution in [-0.2, 0) is 13.0 Å². The van der Waals surface area contributed by atoms with E-state index in [1.165, 1.54) is 16.7 Å². The molecule has 0 amide bonds. The van der Waals surface area contributed by atoms with Gasteiger partial charge in [0, 0.05) is 18.3 Å². The van der Waals surface area contributed by atoms with Crippen LogP contribution in [0.2, 0.25) is 0 Å². The zero-order chi connectivity index (χ0) is 11.4. The van der Waals surface area contributed by atoms with Crippen LogP contribution in [0.5, 0.6) is 0 Å². The molecule has 0 aliphatic rings. The minimum absolute atomic E-state index is 0.702. The van der Waals surface area contributed by atoms with E-state index in [0.717, 1.165) is 13.0 Å². The third kappa shape index (κ3) is 2.31. The van der Waals surface area contributed by atoms with Gasteiger partial charge in [-0.15, -0.1) is 0 Å². The molecule has 2 N–H and O–H groups in total. The van der Waals surface area contributed by atoms with E-state index in [9.17, 15) is 0 Å². The van der Waals surface area contributed by atoms with Crippen LogP contribution in [0, 0.1) is 0 Å². The molecule has 0 fully saturated rings. The van der Waals surface area contributed by atoms with Gasteiger partial charge < -0.3 is 5.73 Å². The van der Waals surface area contributed by atoms with Gasteiger partial charge in [0.05, 0.1) is 6.20 Å². The van der Waals surface area contributed by atoms with Crippen LogP contribution >= 0.6 is 0 Å². The lowest BCUT2D eigenvalue weighted by molar-refractivity contribution is 0.660. The number of aromatic nitrogens is 2. The standard InChI is InChI=1S/C13H17N3/c1-2-16-10-13(9-15-16)12-5-3-11(4-6-12)7-8-14/h3-6,9-10H,2,7-8,14H2,1H3. The van der Waals surface area contributed by atoms with E-state index in [-0.39, 0.29) is 0 Å². The molecule has 3 nitrogen and oxygen atoms in total. The van der Waals surface area contributed by atoms with Gasteiger partial charge in [0.25, 0.3) is 0 Å². The van der Waals surface area contributed by atoms with Crippen molar-refractivity contribution in [2.75, 3.05) is 6.54 Å². The van der Waals surface area contributed by atoms with Crippen LogP contribution < -0.4 is 5.73 Å². The SMILES string of the molecule is CCn1cc(-c2ccc(CCN)cc2)cn1. The van der Waals surface area contributed by atoms with Crippen LogP contribution in [0.1, 0.15) is 12.5 Å². The molecular weight excluding hydrogens is 198 g/mol. The molecule has 3 heteroatoms. The van der Waals surface area contributed by atoms with Crippen molar-refractivity contribution < 1.29 is 0 Å². The third-order valence-corrected chi connectivity index (χ3v) is 2.68. The fraction of sp³-hybridized carbons (Fsp3) is 0.308. The summed E-state index contributed by atoms with van der Waals surface area (Å²) in [6.07, 6.45) is 4.91. The van der Waals surface area contributed by atoms with Crippen molar-refractivity contribution in [2.45, 2.75) is 19.9 Å². The number of benzene rings is 1. The number of aryl methyl sites for hydroxylation is 1. The smallest absolute Gasteiger partial charge is 0.0568 e.